The number of hydrogen-bond donors (Lipinski definition) is 1. The zero-order chi connectivity index (χ0) is 15.9. The predicted octanol–water partition coefficient (Wildman–Crippen LogP) is 1.74. The van der Waals surface area contributed by atoms with Gasteiger partial charge in [0.15, 0.2) is 0 Å². The standard InChI is InChI=1S/C17H29N3O2/c1-14-12-20(13-15(2)22-14)9-10-21-17-7-5-16(6-8-17)11-18-19(3)4/h5-8,14-15,18H,9-13H2,1-4H3. The van der Waals surface area contributed by atoms with Crippen molar-refractivity contribution in [2.45, 2.75) is 32.6 Å². The van der Waals surface area contributed by atoms with Crippen molar-refractivity contribution in [3.63, 3.8) is 0 Å². The first-order chi connectivity index (χ1) is 10.5. The van der Waals surface area contributed by atoms with Crippen LogP contribution in [0.1, 0.15) is 19.4 Å². The lowest BCUT2D eigenvalue weighted by Gasteiger charge is -2.35. The number of hydrazine groups is 1. The molecule has 1 aliphatic heterocycles. The summed E-state index contributed by atoms with van der Waals surface area (Å²) < 4.78 is 11.6. The average molecular weight is 307 g/mol. The molecular formula is C17H29N3O2. The van der Waals surface area contributed by atoms with Gasteiger partial charge in [-0.25, -0.2) is 0 Å². The summed E-state index contributed by atoms with van der Waals surface area (Å²) in [5.74, 6) is 0.933. The number of hydrogen-bond acceptors (Lipinski definition) is 5. The average Bonchev–Trinajstić information content (AvgIpc) is 2.45. The number of nitrogens with one attached hydrogen (secondary N) is 1. The summed E-state index contributed by atoms with van der Waals surface area (Å²) in [6.45, 7) is 8.73. The summed E-state index contributed by atoms with van der Waals surface area (Å²) in [5.41, 5.74) is 4.50. The Labute approximate surface area is 134 Å². The minimum atomic E-state index is 0.312. The molecule has 1 saturated heterocycles. The van der Waals surface area contributed by atoms with Gasteiger partial charge < -0.3 is 9.47 Å². The highest BCUT2D eigenvalue weighted by Gasteiger charge is 2.21. The fourth-order valence-corrected chi connectivity index (χ4v) is 2.71. The molecule has 0 aliphatic carbocycles. The van der Waals surface area contributed by atoms with Crippen LogP contribution in [-0.2, 0) is 11.3 Å². The summed E-state index contributed by atoms with van der Waals surface area (Å²) in [4.78, 5) is 2.41. The second-order valence-corrected chi connectivity index (χ2v) is 6.24. The van der Waals surface area contributed by atoms with Crippen LogP contribution in [0.15, 0.2) is 24.3 Å². The summed E-state index contributed by atoms with van der Waals surface area (Å²) in [7, 11) is 3.98. The fourth-order valence-electron chi connectivity index (χ4n) is 2.71. The van der Waals surface area contributed by atoms with Crippen LogP contribution in [-0.4, -0.2) is 62.5 Å². The first-order valence-corrected chi connectivity index (χ1v) is 8.03. The van der Waals surface area contributed by atoms with E-state index in [-0.39, 0.29) is 0 Å². The topological polar surface area (TPSA) is 37.0 Å². The van der Waals surface area contributed by atoms with E-state index in [9.17, 15) is 0 Å². The van der Waals surface area contributed by atoms with E-state index in [1.165, 1.54) is 5.56 Å². The van der Waals surface area contributed by atoms with E-state index in [2.05, 4.69) is 36.3 Å². The van der Waals surface area contributed by atoms with E-state index in [1.54, 1.807) is 0 Å². The first-order valence-electron chi connectivity index (χ1n) is 8.03. The summed E-state index contributed by atoms with van der Waals surface area (Å²) in [5, 5.41) is 1.95. The third-order valence-corrected chi connectivity index (χ3v) is 3.69. The largest absolute Gasteiger partial charge is 0.492 e. The second-order valence-electron chi connectivity index (χ2n) is 6.24. The second kappa shape index (κ2) is 8.48. The molecule has 0 spiro atoms. The Morgan fingerprint density at radius 1 is 1.18 bits per heavy atom. The Kier molecular flexibility index (Phi) is 6.64. The van der Waals surface area contributed by atoms with Gasteiger partial charge in [-0.3, -0.25) is 15.3 Å². The molecular weight excluding hydrogens is 278 g/mol. The van der Waals surface area contributed by atoms with Crippen LogP contribution in [0.5, 0.6) is 5.75 Å². The van der Waals surface area contributed by atoms with Crippen molar-refractivity contribution in [2.75, 3.05) is 40.3 Å². The molecule has 0 amide bonds. The van der Waals surface area contributed by atoms with Gasteiger partial charge in [0, 0.05) is 40.3 Å². The van der Waals surface area contributed by atoms with E-state index in [1.807, 2.05) is 31.2 Å². The lowest BCUT2D eigenvalue weighted by Crippen LogP contribution is -2.46. The van der Waals surface area contributed by atoms with Gasteiger partial charge >= 0.3 is 0 Å². The van der Waals surface area contributed by atoms with Crippen LogP contribution in [0.2, 0.25) is 0 Å². The third-order valence-electron chi connectivity index (χ3n) is 3.69. The van der Waals surface area contributed by atoms with E-state index < -0.39 is 0 Å². The molecule has 1 heterocycles. The highest BCUT2D eigenvalue weighted by atomic mass is 16.5. The number of morpholine rings is 1. The van der Waals surface area contributed by atoms with Crippen molar-refractivity contribution in [3.8, 4) is 5.75 Å². The lowest BCUT2D eigenvalue weighted by atomic mass is 10.2. The van der Waals surface area contributed by atoms with Gasteiger partial charge in [0.1, 0.15) is 12.4 Å². The van der Waals surface area contributed by atoms with Gasteiger partial charge in [0.2, 0.25) is 0 Å². The Hall–Kier alpha value is -1.14. The zero-order valence-corrected chi connectivity index (χ0v) is 14.2. The van der Waals surface area contributed by atoms with Gasteiger partial charge in [-0.2, -0.15) is 0 Å². The summed E-state index contributed by atoms with van der Waals surface area (Å²) >= 11 is 0. The smallest absolute Gasteiger partial charge is 0.119 e. The van der Waals surface area contributed by atoms with E-state index in [4.69, 9.17) is 9.47 Å². The number of rotatable bonds is 7. The van der Waals surface area contributed by atoms with Crippen LogP contribution in [0.4, 0.5) is 0 Å². The molecule has 1 aromatic rings. The molecule has 22 heavy (non-hydrogen) atoms. The Bertz CT molecular complexity index is 426. The summed E-state index contributed by atoms with van der Waals surface area (Å²) in [6.07, 6.45) is 0.625. The Morgan fingerprint density at radius 2 is 1.82 bits per heavy atom. The van der Waals surface area contributed by atoms with E-state index in [0.29, 0.717) is 18.8 Å². The molecule has 5 nitrogen and oxygen atoms in total. The molecule has 5 heteroatoms. The van der Waals surface area contributed by atoms with Crippen LogP contribution >= 0.6 is 0 Å². The Balaban J connectivity index is 1.70. The van der Waals surface area contributed by atoms with Crippen molar-refractivity contribution in [3.05, 3.63) is 29.8 Å². The molecule has 2 rings (SSSR count). The number of ether oxygens (including phenoxy) is 2. The van der Waals surface area contributed by atoms with Crippen molar-refractivity contribution in [2.24, 2.45) is 0 Å². The van der Waals surface area contributed by atoms with Crippen LogP contribution in [0.25, 0.3) is 0 Å². The van der Waals surface area contributed by atoms with Gasteiger partial charge in [0.05, 0.1) is 12.2 Å². The maximum Gasteiger partial charge on any atom is 0.119 e. The number of nitrogens with zero attached hydrogens (tertiary/aromatic N) is 2. The van der Waals surface area contributed by atoms with Crippen LogP contribution < -0.4 is 10.2 Å². The highest BCUT2D eigenvalue weighted by molar-refractivity contribution is 5.27. The van der Waals surface area contributed by atoms with Gasteiger partial charge in [-0.15, -0.1) is 0 Å². The molecule has 1 aromatic carbocycles. The lowest BCUT2D eigenvalue weighted by molar-refractivity contribution is -0.0699. The third kappa shape index (κ3) is 5.93. The monoisotopic (exact) mass is 307 g/mol. The SMILES string of the molecule is CC1CN(CCOc2ccc(CNN(C)C)cc2)CC(C)O1. The molecule has 2 atom stereocenters. The van der Waals surface area contributed by atoms with Crippen LogP contribution in [0, 0.1) is 0 Å². The van der Waals surface area contributed by atoms with Gasteiger partial charge in [0.25, 0.3) is 0 Å². The quantitative estimate of drug-likeness (QED) is 0.777. The van der Waals surface area contributed by atoms with Crippen molar-refractivity contribution in [1.29, 1.82) is 0 Å². The molecule has 0 bridgehead atoms. The fraction of sp³-hybridized carbons (Fsp3) is 0.647. The molecule has 1 aliphatic rings. The van der Waals surface area contributed by atoms with E-state index >= 15 is 0 Å². The highest BCUT2D eigenvalue weighted by Crippen LogP contribution is 2.13. The molecule has 0 radical (unpaired) electrons. The maximum absolute atomic E-state index is 5.85. The zero-order valence-electron chi connectivity index (χ0n) is 14.2. The van der Waals surface area contributed by atoms with Crippen molar-refractivity contribution in [1.82, 2.24) is 15.3 Å². The molecule has 0 aromatic heterocycles. The molecule has 2 unspecified atom stereocenters. The summed E-state index contributed by atoms with van der Waals surface area (Å²) in [6, 6.07) is 8.28. The van der Waals surface area contributed by atoms with Crippen LogP contribution in [0.3, 0.4) is 0 Å². The normalized spacial score (nSPS) is 23.0. The molecule has 124 valence electrons. The first kappa shape index (κ1) is 17.2. The van der Waals surface area contributed by atoms with Gasteiger partial charge in [-0.05, 0) is 31.5 Å². The molecule has 1 fully saturated rings. The van der Waals surface area contributed by atoms with Gasteiger partial charge in [-0.1, -0.05) is 12.1 Å². The maximum atomic E-state index is 5.85. The number of benzene rings is 1. The minimum absolute atomic E-state index is 0.312. The minimum Gasteiger partial charge on any atom is -0.492 e. The van der Waals surface area contributed by atoms with Crippen molar-refractivity contribution < 1.29 is 9.47 Å². The van der Waals surface area contributed by atoms with E-state index in [0.717, 1.165) is 31.9 Å². The predicted molar refractivity (Wildman–Crippen MR) is 88.9 cm³/mol. The van der Waals surface area contributed by atoms with Crippen molar-refractivity contribution >= 4 is 0 Å². The Morgan fingerprint density at radius 3 is 2.41 bits per heavy atom. The molecule has 0 saturated carbocycles. The molecule has 1 N–H and O–H groups in total.